The number of benzene rings is 2. The van der Waals surface area contributed by atoms with Gasteiger partial charge in [-0.15, -0.1) is 0 Å². The first-order chi connectivity index (χ1) is 19.5. The summed E-state index contributed by atoms with van der Waals surface area (Å²) in [6.45, 7) is -0.836. The number of ether oxygens (including phenoxy) is 4. The van der Waals surface area contributed by atoms with E-state index in [1.165, 1.54) is 37.4 Å². The van der Waals surface area contributed by atoms with Gasteiger partial charge in [-0.05, 0) is 29.8 Å². The van der Waals surface area contributed by atoms with Crippen molar-refractivity contribution in [3.05, 3.63) is 52.4 Å². The zero-order chi connectivity index (χ0) is 29.6. The number of phenolic OH excluding ortho intramolecular Hbond substituents is 2. The van der Waals surface area contributed by atoms with Gasteiger partial charge in [-0.25, -0.2) is 0 Å². The molecule has 0 unspecified atom stereocenters. The summed E-state index contributed by atoms with van der Waals surface area (Å²) in [7, 11) is 1.36. The van der Waals surface area contributed by atoms with Crippen LogP contribution in [0.5, 0.6) is 17.2 Å². The number of phenols is 2. The lowest BCUT2D eigenvalue weighted by Crippen LogP contribution is -2.57. The third-order valence-corrected chi connectivity index (χ3v) is 7.32. The van der Waals surface area contributed by atoms with Crippen molar-refractivity contribution in [2.45, 2.75) is 55.1 Å². The summed E-state index contributed by atoms with van der Waals surface area (Å²) in [5.41, 5.74) is -0.363. The summed E-state index contributed by atoms with van der Waals surface area (Å²) in [4.78, 5) is 13.4. The van der Waals surface area contributed by atoms with Crippen LogP contribution in [-0.4, -0.2) is 110 Å². The molecule has 0 radical (unpaired) electrons. The first-order valence-electron chi connectivity index (χ1n) is 12.6. The van der Waals surface area contributed by atoms with Crippen LogP contribution in [0, 0.1) is 0 Å². The molecule has 14 nitrogen and oxygen atoms in total. The molecule has 5 rings (SSSR count). The van der Waals surface area contributed by atoms with Gasteiger partial charge >= 0.3 is 0 Å². The van der Waals surface area contributed by atoms with E-state index in [0.29, 0.717) is 5.56 Å². The summed E-state index contributed by atoms with van der Waals surface area (Å²) in [5.74, 6) is -0.436. The van der Waals surface area contributed by atoms with Crippen molar-refractivity contribution in [3.8, 4) is 28.4 Å². The molecular weight excluding hydrogens is 548 g/mol. The zero-order valence-electron chi connectivity index (χ0n) is 21.6. The lowest BCUT2D eigenvalue weighted by atomic mass is 9.89. The highest BCUT2D eigenvalue weighted by Gasteiger charge is 2.47. The third kappa shape index (κ3) is 5.25. The fourth-order valence-electron chi connectivity index (χ4n) is 4.97. The van der Waals surface area contributed by atoms with E-state index < -0.39 is 72.9 Å². The monoisotopic (exact) mass is 578 g/mol. The molecule has 0 amide bonds. The van der Waals surface area contributed by atoms with Crippen molar-refractivity contribution in [3.63, 3.8) is 0 Å². The average molecular weight is 579 g/mol. The maximum atomic E-state index is 13.4. The molecule has 0 aliphatic carbocycles. The van der Waals surface area contributed by atoms with E-state index in [1.54, 1.807) is 0 Å². The van der Waals surface area contributed by atoms with Gasteiger partial charge in [-0.1, -0.05) is 6.07 Å². The second-order valence-electron chi connectivity index (χ2n) is 9.89. The highest BCUT2D eigenvalue weighted by Crippen LogP contribution is 2.41. The summed E-state index contributed by atoms with van der Waals surface area (Å²) in [6, 6.07) is 6.77. The SMILES string of the molecule is COc1cc(-c2coc3c([C@@H]4O[C@H](CO[C@@H]5OC[C@@H](O)[C@H](O)[C@H]5O)[C@@H](O)[C@H](O)[C@H]4O)c(O)ccc3c2=O)ccc1O. The van der Waals surface area contributed by atoms with Gasteiger partial charge in [0.1, 0.15) is 66.4 Å². The fourth-order valence-corrected chi connectivity index (χ4v) is 4.97. The van der Waals surface area contributed by atoms with Crippen molar-refractivity contribution in [1.82, 2.24) is 0 Å². The van der Waals surface area contributed by atoms with E-state index >= 15 is 0 Å². The predicted octanol–water partition coefficient (Wildman–Crippen LogP) is -1.14. The smallest absolute Gasteiger partial charge is 0.200 e. The minimum atomic E-state index is -1.79. The molecular formula is C27H30O14. The predicted molar refractivity (Wildman–Crippen MR) is 137 cm³/mol. The summed E-state index contributed by atoms with van der Waals surface area (Å²) < 4.78 is 27.3. The van der Waals surface area contributed by atoms with Crippen LogP contribution in [0.3, 0.4) is 0 Å². The van der Waals surface area contributed by atoms with Crippen LogP contribution >= 0.6 is 0 Å². The molecule has 0 bridgehead atoms. The van der Waals surface area contributed by atoms with Crippen LogP contribution in [0.2, 0.25) is 0 Å². The summed E-state index contributed by atoms with van der Waals surface area (Å²) >= 11 is 0. The van der Waals surface area contributed by atoms with Crippen LogP contribution in [0.1, 0.15) is 11.7 Å². The van der Waals surface area contributed by atoms with Crippen LogP contribution in [0.15, 0.2) is 45.8 Å². The highest BCUT2D eigenvalue weighted by atomic mass is 16.7. The van der Waals surface area contributed by atoms with E-state index in [9.17, 15) is 45.6 Å². The van der Waals surface area contributed by atoms with Gasteiger partial charge in [0.15, 0.2) is 17.8 Å². The van der Waals surface area contributed by atoms with Crippen LogP contribution < -0.4 is 10.2 Å². The normalized spacial score (nSPS) is 32.2. The molecule has 9 atom stereocenters. The molecule has 2 aliphatic rings. The number of aliphatic hydroxyl groups excluding tert-OH is 6. The van der Waals surface area contributed by atoms with Crippen LogP contribution in [0.4, 0.5) is 0 Å². The zero-order valence-corrected chi connectivity index (χ0v) is 21.6. The Morgan fingerprint density at radius 2 is 1.63 bits per heavy atom. The Morgan fingerprint density at radius 1 is 0.902 bits per heavy atom. The second-order valence-corrected chi connectivity index (χ2v) is 9.89. The Bertz CT molecular complexity index is 1460. The Morgan fingerprint density at radius 3 is 2.37 bits per heavy atom. The molecule has 1 aromatic heterocycles. The maximum Gasteiger partial charge on any atom is 0.200 e. The van der Waals surface area contributed by atoms with Crippen molar-refractivity contribution < 1.29 is 64.2 Å². The lowest BCUT2D eigenvalue weighted by molar-refractivity contribution is -0.291. The molecule has 41 heavy (non-hydrogen) atoms. The molecule has 14 heteroatoms. The van der Waals surface area contributed by atoms with Crippen molar-refractivity contribution >= 4 is 11.0 Å². The van der Waals surface area contributed by atoms with E-state index in [0.717, 1.165) is 6.26 Å². The van der Waals surface area contributed by atoms with E-state index in [1.807, 2.05) is 0 Å². The number of aromatic hydroxyl groups is 2. The van der Waals surface area contributed by atoms with Crippen molar-refractivity contribution in [2.24, 2.45) is 0 Å². The van der Waals surface area contributed by atoms with Gasteiger partial charge in [-0.3, -0.25) is 4.79 Å². The summed E-state index contributed by atoms with van der Waals surface area (Å²) in [6.07, 6.45) is -12.9. The summed E-state index contributed by atoms with van der Waals surface area (Å²) in [5, 5.41) is 82.2. The second kappa shape index (κ2) is 11.5. The third-order valence-electron chi connectivity index (χ3n) is 7.32. The van der Waals surface area contributed by atoms with Gasteiger partial charge in [0.05, 0.1) is 36.8 Å². The average Bonchev–Trinajstić information content (AvgIpc) is 2.96. The Kier molecular flexibility index (Phi) is 8.20. The minimum Gasteiger partial charge on any atom is -0.507 e. The number of hydrogen-bond acceptors (Lipinski definition) is 14. The standard InChI is InChI=1S/C27H30O14/c1-37-16-6-10(2-4-13(16)28)12-7-38-25-11(19(12)31)3-5-14(29)18(25)26-23(35)22(34)21(33)17(41-26)9-40-27-24(36)20(32)15(30)8-39-27/h2-7,15,17,20-24,26-30,32-36H,8-9H2,1H3/t15-,17-,20+,21-,22+,23-,24-,26+,27+/m1/s1. The molecule has 2 saturated heterocycles. The molecule has 0 spiro atoms. The van der Waals surface area contributed by atoms with Crippen molar-refractivity contribution in [1.29, 1.82) is 0 Å². The molecule has 0 saturated carbocycles. The Labute approximate surface area is 231 Å². The van der Waals surface area contributed by atoms with Crippen LogP contribution in [-0.2, 0) is 14.2 Å². The topological polar surface area (TPSA) is 229 Å². The van der Waals surface area contributed by atoms with E-state index in [2.05, 4.69) is 0 Å². The first kappa shape index (κ1) is 29.2. The van der Waals surface area contributed by atoms with E-state index in [-0.39, 0.29) is 40.2 Å². The van der Waals surface area contributed by atoms with Crippen molar-refractivity contribution in [2.75, 3.05) is 20.3 Å². The van der Waals surface area contributed by atoms with Gasteiger partial charge < -0.3 is 64.2 Å². The molecule has 3 aromatic rings. The van der Waals surface area contributed by atoms with Gasteiger partial charge in [0.25, 0.3) is 0 Å². The maximum absolute atomic E-state index is 13.4. The van der Waals surface area contributed by atoms with E-state index in [4.69, 9.17) is 23.4 Å². The van der Waals surface area contributed by atoms with Crippen LogP contribution in [0.25, 0.3) is 22.1 Å². The van der Waals surface area contributed by atoms with Gasteiger partial charge in [0.2, 0.25) is 5.43 Å². The Balaban J connectivity index is 1.47. The number of fused-ring (bicyclic) bond motifs is 1. The largest absolute Gasteiger partial charge is 0.507 e. The van der Waals surface area contributed by atoms with Gasteiger partial charge in [-0.2, -0.15) is 0 Å². The fraction of sp³-hybridized carbons (Fsp3) is 0.444. The Hall–Kier alpha value is -3.31. The molecule has 8 N–H and O–H groups in total. The highest BCUT2D eigenvalue weighted by molar-refractivity contribution is 5.86. The number of aliphatic hydroxyl groups is 6. The quantitative estimate of drug-likeness (QED) is 0.173. The number of methoxy groups -OCH3 is 1. The molecule has 3 heterocycles. The van der Waals surface area contributed by atoms with Gasteiger partial charge in [0, 0.05) is 0 Å². The molecule has 2 aromatic carbocycles. The number of rotatable bonds is 6. The number of hydrogen-bond donors (Lipinski definition) is 8. The molecule has 2 aliphatic heterocycles. The lowest BCUT2D eigenvalue weighted by Gasteiger charge is -2.42. The molecule has 222 valence electrons. The first-order valence-corrected chi connectivity index (χ1v) is 12.6. The minimum absolute atomic E-state index is 0.00201. The molecule has 2 fully saturated rings.